The third-order valence-corrected chi connectivity index (χ3v) is 5.96. The molecule has 3 aromatic rings. The summed E-state index contributed by atoms with van der Waals surface area (Å²) in [6.07, 6.45) is 1.85. The first kappa shape index (κ1) is 21.5. The molecule has 8 heteroatoms. The summed E-state index contributed by atoms with van der Waals surface area (Å²) < 4.78 is 5.33. The van der Waals surface area contributed by atoms with Crippen molar-refractivity contribution in [3.05, 3.63) is 58.8 Å². The van der Waals surface area contributed by atoms with E-state index in [1.165, 1.54) is 11.1 Å². The van der Waals surface area contributed by atoms with Gasteiger partial charge < -0.3 is 14.7 Å². The maximum atomic E-state index is 12.9. The summed E-state index contributed by atoms with van der Waals surface area (Å²) in [7, 11) is 0. The van der Waals surface area contributed by atoms with Crippen molar-refractivity contribution in [3.63, 3.8) is 0 Å². The second-order valence-electron chi connectivity index (χ2n) is 6.89. The topological polar surface area (TPSA) is 71.3 Å². The quantitative estimate of drug-likeness (QED) is 0.639. The van der Waals surface area contributed by atoms with Gasteiger partial charge in [-0.25, -0.2) is 0 Å². The number of hydrogen-bond acceptors (Lipinski definition) is 6. The first-order chi connectivity index (χ1) is 13.7. The predicted octanol–water partition coefficient (Wildman–Crippen LogP) is 3.89. The van der Waals surface area contributed by atoms with E-state index >= 15 is 0 Å². The molecular formula is C21H25ClN4O2S. The highest BCUT2D eigenvalue weighted by atomic mass is 35.5. The minimum atomic E-state index is 0. The van der Waals surface area contributed by atoms with E-state index in [0.29, 0.717) is 31.1 Å². The van der Waals surface area contributed by atoms with Crippen LogP contribution in [0.4, 0.5) is 0 Å². The van der Waals surface area contributed by atoms with Crippen molar-refractivity contribution in [2.24, 2.45) is 0 Å². The van der Waals surface area contributed by atoms with E-state index in [1.54, 1.807) is 11.3 Å². The van der Waals surface area contributed by atoms with E-state index in [2.05, 4.69) is 46.6 Å². The van der Waals surface area contributed by atoms with E-state index in [1.807, 2.05) is 22.4 Å². The Labute approximate surface area is 180 Å². The van der Waals surface area contributed by atoms with E-state index in [4.69, 9.17) is 4.52 Å². The van der Waals surface area contributed by atoms with Gasteiger partial charge in [0.25, 0.3) is 0 Å². The molecule has 1 unspecified atom stereocenters. The number of amides is 1. The first-order valence-electron chi connectivity index (χ1n) is 9.70. The Morgan fingerprint density at radius 3 is 2.86 bits per heavy atom. The molecule has 154 valence electrons. The van der Waals surface area contributed by atoms with Crippen LogP contribution in [0, 0.1) is 0 Å². The molecule has 0 spiro atoms. The average molecular weight is 433 g/mol. The molecule has 0 bridgehead atoms. The van der Waals surface area contributed by atoms with Gasteiger partial charge in [0.05, 0.1) is 10.9 Å². The number of piperazine rings is 1. The summed E-state index contributed by atoms with van der Waals surface area (Å²) in [6, 6.07) is 12.6. The number of halogens is 1. The Morgan fingerprint density at radius 1 is 1.31 bits per heavy atom. The van der Waals surface area contributed by atoms with Gasteiger partial charge >= 0.3 is 0 Å². The van der Waals surface area contributed by atoms with Gasteiger partial charge in [0.2, 0.25) is 17.6 Å². The van der Waals surface area contributed by atoms with Crippen molar-refractivity contribution >= 4 is 29.7 Å². The van der Waals surface area contributed by atoms with Gasteiger partial charge in [0.1, 0.15) is 0 Å². The normalized spacial score (nSPS) is 16.4. The van der Waals surface area contributed by atoms with Crippen LogP contribution in [0.15, 0.2) is 46.3 Å². The fourth-order valence-electron chi connectivity index (χ4n) is 3.50. The zero-order valence-electron chi connectivity index (χ0n) is 16.3. The highest BCUT2D eigenvalue weighted by molar-refractivity contribution is 7.13. The lowest BCUT2D eigenvalue weighted by Crippen LogP contribution is -2.48. The second kappa shape index (κ2) is 10.0. The smallest absolute Gasteiger partial charge is 0.227 e. The van der Waals surface area contributed by atoms with Crippen LogP contribution in [0.3, 0.4) is 0 Å². The van der Waals surface area contributed by atoms with Crippen LogP contribution in [0.1, 0.15) is 36.4 Å². The number of aromatic nitrogens is 2. The summed E-state index contributed by atoms with van der Waals surface area (Å²) in [5, 5.41) is 9.40. The number of carbonyl (C=O) groups excluding carboxylic acids is 1. The van der Waals surface area contributed by atoms with Crippen LogP contribution in [0.2, 0.25) is 0 Å². The molecule has 4 rings (SSSR count). The molecule has 0 aliphatic carbocycles. The number of rotatable bonds is 6. The third kappa shape index (κ3) is 5.04. The van der Waals surface area contributed by atoms with Gasteiger partial charge in [-0.05, 0) is 29.0 Å². The standard InChI is InChI=1S/C21H24N4O2S.ClH/c1-2-15-5-7-16(8-6-15)17-14-22-11-12-25(17)20(26)10-9-19-23-21(24-27-19)18-4-3-13-28-18;/h3-8,13,17,22H,2,9-12,14H2,1H3;1H. The zero-order valence-corrected chi connectivity index (χ0v) is 18.0. The van der Waals surface area contributed by atoms with E-state index in [-0.39, 0.29) is 24.4 Å². The Balaban J connectivity index is 0.00000240. The second-order valence-corrected chi connectivity index (χ2v) is 7.84. The predicted molar refractivity (Wildman–Crippen MR) is 116 cm³/mol. The van der Waals surface area contributed by atoms with Crippen LogP contribution < -0.4 is 5.32 Å². The summed E-state index contributed by atoms with van der Waals surface area (Å²) in [5.41, 5.74) is 2.49. The summed E-state index contributed by atoms with van der Waals surface area (Å²) in [4.78, 5) is 20.3. The molecule has 1 saturated heterocycles. The van der Waals surface area contributed by atoms with Crippen molar-refractivity contribution in [1.29, 1.82) is 0 Å². The van der Waals surface area contributed by atoms with E-state index in [0.717, 1.165) is 24.4 Å². The van der Waals surface area contributed by atoms with Crippen LogP contribution in [0.5, 0.6) is 0 Å². The molecule has 1 fully saturated rings. The molecule has 6 nitrogen and oxygen atoms in total. The highest BCUT2D eigenvalue weighted by Crippen LogP contribution is 2.25. The fourth-order valence-corrected chi connectivity index (χ4v) is 4.15. The van der Waals surface area contributed by atoms with Gasteiger partial charge in [-0.15, -0.1) is 23.7 Å². The SMILES string of the molecule is CCc1ccc(C2CNCCN2C(=O)CCc2nc(-c3cccs3)no2)cc1.Cl. The van der Waals surface area contributed by atoms with Gasteiger partial charge in [0, 0.05) is 32.5 Å². The van der Waals surface area contributed by atoms with Crippen LogP contribution in [-0.2, 0) is 17.6 Å². The van der Waals surface area contributed by atoms with Crippen molar-refractivity contribution in [2.45, 2.75) is 32.2 Å². The molecule has 3 heterocycles. The van der Waals surface area contributed by atoms with Crippen molar-refractivity contribution in [2.75, 3.05) is 19.6 Å². The largest absolute Gasteiger partial charge is 0.339 e. The molecule has 0 saturated carbocycles. The van der Waals surface area contributed by atoms with E-state index < -0.39 is 0 Å². The fraction of sp³-hybridized carbons (Fsp3) is 0.381. The van der Waals surface area contributed by atoms with Crippen LogP contribution in [-0.4, -0.2) is 40.6 Å². The van der Waals surface area contributed by atoms with Crippen LogP contribution >= 0.6 is 23.7 Å². The Bertz CT molecular complexity index is 911. The summed E-state index contributed by atoms with van der Waals surface area (Å²) in [5.74, 6) is 1.23. The number of carbonyl (C=O) groups is 1. The molecule has 2 aromatic heterocycles. The van der Waals surface area contributed by atoms with Crippen LogP contribution in [0.25, 0.3) is 10.7 Å². The van der Waals surface area contributed by atoms with Gasteiger partial charge in [-0.2, -0.15) is 4.98 Å². The minimum Gasteiger partial charge on any atom is -0.339 e. The Morgan fingerprint density at radius 2 is 2.14 bits per heavy atom. The third-order valence-electron chi connectivity index (χ3n) is 5.10. The van der Waals surface area contributed by atoms with E-state index in [9.17, 15) is 4.79 Å². The molecule has 1 atom stereocenters. The van der Waals surface area contributed by atoms with Crippen molar-refractivity contribution < 1.29 is 9.32 Å². The zero-order chi connectivity index (χ0) is 19.3. The number of aryl methyl sites for hydroxylation is 2. The number of nitrogens with zero attached hydrogens (tertiary/aromatic N) is 3. The summed E-state index contributed by atoms with van der Waals surface area (Å²) in [6.45, 7) is 4.45. The molecule has 1 N–H and O–H groups in total. The molecule has 1 amide bonds. The average Bonchev–Trinajstić information content (AvgIpc) is 3.44. The number of nitrogens with one attached hydrogen (secondary N) is 1. The lowest BCUT2D eigenvalue weighted by molar-refractivity contribution is -0.134. The number of thiophene rings is 1. The van der Waals surface area contributed by atoms with Gasteiger partial charge in [-0.3, -0.25) is 4.79 Å². The molecule has 0 radical (unpaired) electrons. The lowest BCUT2D eigenvalue weighted by Gasteiger charge is -2.36. The van der Waals surface area contributed by atoms with Crippen molar-refractivity contribution in [3.8, 4) is 10.7 Å². The Hall–Kier alpha value is -2.22. The molecule has 1 aliphatic heterocycles. The minimum absolute atomic E-state index is 0. The highest BCUT2D eigenvalue weighted by Gasteiger charge is 2.28. The van der Waals surface area contributed by atoms with Gasteiger partial charge in [0.15, 0.2) is 0 Å². The molecule has 1 aliphatic rings. The maximum absolute atomic E-state index is 12.9. The molecule has 1 aromatic carbocycles. The number of benzene rings is 1. The maximum Gasteiger partial charge on any atom is 0.227 e. The first-order valence-corrected chi connectivity index (χ1v) is 10.6. The van der Waals surface area contributed by atoms with Crippen molar-refractivity contribution in [1.82, 2.24) is 20.4 Å². The molecular weight excluding hydrogens is 408 g/mol. The molecule has 29 heavy (non-hydrogen) atoms. The monoisotopic (exact) mass is 432 g/mol. The summed E-state index contributed by atoms with van der Waals surface area (Å²) >= 11 is 1.57. The number of hydrogen-bond donors (Lipinski definition) is 1. The Kier molecular flexibility index (Phi) is 7.41. The lowest BCUT2D eigenvalue weighted by atomic mass is 10.0. The van der Waals surface area contributed by atoms with Gasteiger partial charge in [-0.1, -0.05) is 42.4 Å².